The SMILES string of the molecule is COc1cc(C=Nn2c(-c3cc4cc(Br)ccc4o3)nc3ccccc3c2=O)ccc1OC(C)=O. The Kier molecular flexibility index (Phi) is 5.92. The minimum Gasteiger partial charge on any atom is -0.493 e. The zero-order chi connectivity index (χ0) is 24.5. The van der Waals surface area contributed by atoms with Crippen LogP contribution in [0.3, 0.4) is 0 Å². The number of halogens is 1. The summed E-state index contributed by atoms with van der Waals surface area (Å²) < 4.78 is 18.6. The van der Waals surface area contributed by atoms with Crippen molar-refractivity contribution >= 4 is 50.0 Å². The lowest BCUT2D eigenvalue weighted by Crippen LogP contribution is -2.20. The molecule has 8 nitrogen and oxygen atoms in total. The van der Waals surface area contributed by atoms with Crippen molar-refractivity contribution in [2.45, 2.75) is 6.92 Å². The minimum absolute atomic E-state index is 0.265. The summed E-state index contributed by atoms with van der Waals surface area (Å²) in [6, 6.07) is 19.5. The summed E-state index contributed by atoms with van der Waals surface area (Å²) >= 11 is 3.46. The molecule has 0 amide bonds. The van der Waals surface area contributed by atoms with Gasteiger partial charge < -0.3 is 13.9 Å². The first-order chi connectivity index (χ1) is 16.9. The molecular formula is C26H18BrN3O5. The number of hydrogen-bond acceptors (Lipinski definition) is 7. The molecule has 0 radical (unpaired) electrons. The van der Waals surface area contributed by atoms with Gasteiger partial charge in [0, 0.05) is 16.8 Å². The lowest BCUT2D eigenvalue weighted by Gasteiger charge is -2.09. The normalized spacial score (nSPS) is 11.4. The number of hydrogen-bond donors (Lipinski definition) is 0. The van der Waals surface area contributed by atoms with E-state index in [0.717, 1.165) is 9.86 Å². The third-order valence-electron chi connectivity index (χ3n) is 5.22. The molecule has 0 aliphatic carbocycles. The molecule has 0 bridgehead atoms. The molecule has 5 aromatic rings. The second kappa shape index (κ2) is 9.19. The van der Waals surface area contributed by atoms with Crippen molar-refractivity contribution in [2.75, 3.05) is 7.11 Å². The average Bonchev–Trinajstić information content (AvgIpc) is 3.27. The summed E-state index contributed by atoms with van der Waals surface area (Å²) in [6.07, 6.45) is 1.50. The fourth-order valence-corrected chi connectivity index (χ4v) is 4.02. The Morgan fingerprint density at radius 3 is 2.71 bits per heavy atom. The van der Waals surface area contributed by atoms with E-state index in [1.807, 2.05) is 30.3 Å². The number of rotatable bonds is 5. The first-order valence-electron chi connectivity index (χ1n) is 10.5. The standard InChI is InChI=1S/C26H18BrN3O5/c1-15(31)34-22-9-7-16(11-23(22)33-2)14-28-30-25(29-20-6-4-3-5-19(20)26(30)32)24-13-17-12-18(27)8-10-21(17)35-24/h3-14H,1-2H3. The molecule has 0 saturated carbocycles. The van der Waals surface area contributed by atoms with Gasteiger partial charge in [-0.2, -0.15) is 9.78 Å². The van der Waals surface area contributed by atoms with E-state index < -0.39 is 5.97 Å². The molecule has 3 aromatic carbocycles. The Morgan fingerprint density at radius 1 is 1.09 bits per heavy atom. The molecule has 174 valence electrons. The predicted molar refractivity (Wildman–Crippen MR) is 136 cm³/mol. The highest BCUT2D eigenvalue weighted by molar-refractivity contribution is 9.10. The Morgan fingerprint density at radius 2 is 1.91 bits per heavy atom. The molecule has 5 rings (SSSR count). The van der Waals surface area contributed by atoms with Gasteiger partial charge in [0.25, 0.3) is 5.56 Å². The second-order valence-corrected chi connectivity index (χ2v) is 8.53. The van der Waals surface area contributed by atoms with Crippen molar-refractivity contribution in [1.29, 1.82) is 0 Å². The number of nitrogens with zero attached hydrogens (tertiary/aromatic N) is 3. The van der Waals surface area contributed by atoms with E-state index in [0.29, 0.717) is 33.6 Å². The fraction of sp³-hybridized carbons (Fsp3) is 0.0769. The molecule has 0 N–H and O–H groups in total. The Labute approximate surface area is 207 Å². The van der Waals surface area contributed by atoms with Crippen LogP contribution in [-0.2, 0) is 4.79 Å². The smallest absolute Gasteiger partial charge is 0.308 e. The van der Waals surface area contributed by atoms with E-state index in [1.165, 1.54) is 24.9 Å². The lowest BCUT2D eigenvalue weighted by atomic mass is 10.2. The highest BCUT2D eigenvalue weighted by Crippen LogP contribution is 2.30. The van der Waals surface area contributed by atoms with Crippen molar-refractivity contribution < 1.29 is 18.7 Å². The van der Waals surface area contributed by atoms with Crippen LogP contribution in [0.5, 0.6) is 11.5 Å². The summed E-state index contributed by atoms with van der Waals surface area (Å²) in [5.74, 6) is 0.856. The molecule has 0 unspecified atom stereocenters. The summed E-state index contributed by atoms with van der Waals surface area (Å²) in [4.78, 5) is 29.4. The third kappa shape index (κ3) is 4.45. The van der Waals surface area contributed by atoms with Crippen LogP contribution in [0.4, 0.5) is 0 Å². The number of carbonyl (C=O) groups is 1. The van der Waals surface area contributed by atoms with Gasteiger partial charge in [-0.25, -0.2) is 4.98 Å². The molecule has 0 fully saturated rings. The quantitative estimate of drug-likeness (QED) is 0.171. The van der Waals surface area contributed by atoms with E-state index in [-0.39, 0.29) is 17.1 Å². The van der Waals surface area contributed by atoms with Gasteiger partial charge in [0.15, 0.2) is 17.3 Å². The maximum atomic E-state index is 13.4. The topological polar surface area (TPSA) is 95.9 Å². The van der Waals surface area contributed by atoms with Gasteiger partial charge in [0.1, 0.15) is 5.58 Å². The molecular weight excluding hydrogens is 514 g/mol. The number of methoxy groups -OCH3 is 1. The monoisotopic (exact) mass is 531 g/mol. The largest absolute Gasteiger partial charge is 0.493 e. The molecule has 0 aliphatic heterocycles. The number of carbonyl (C=O) groups excluding carboxylic acids is 1. The number of para-hydroxylation sites is 1. The van der Waals surface area contributed by atoms with Crippen LogP contribution >= 0.6 is 15.9 Å². The number of benzene rings is 3. The number of aromatic nitrogens is 2. The summed E-state index contributed by atoms with van der Waals surface area (Å²) in [7, 11) is 1.47. The molecule has 2 heterocycles. The summed E-state index contributed by atoms with van der Waals surface area (Å²) in [5, 5.41) is 5.73. The maximum Gasteiger partial charge on any atom is 0.308 e. The van der Waals surface area contributed by atoms with Crippen LogP contribution in [0.15, 0.2) is 85.5 Å². The van der Waals surface area contributed by atoms with Crippen molar-refractivity contribution in [3.63, 3.8) is 0 Å². The van der Waals surface area contributed by atoms with Gasteiger partial charge in [0.05, 0.1) is 24.2 Å². The molecule has 0 atom stereocenters. The van der Waals surface area contributed by atoms with Crippen molar-refractivity contribution in [3.8, 4) is 23.1 Å². The third-order valence-corrected chi connectivity index (χ3v) is 5.71. The zero-order valence-corrected chi connectivity index (χ0v) is 20.3. The number of furan rings is 1. The van der Waals surface area contributed by atoms with E-state index >= 15 is 0 Å². The van der Waals surface area contributed by atoms with Crippen molar-refractivity contribution in [1.82, 2.24) is 9.66 Å². The molecule has 0 saturated heterocycles. The van der Waals surface area contributed by atoms with Crippen LogP contribution in [0.25, 0.3) is 33.5 Å². The van der Waals surface area contributed by atoms with Gasteiger partial charge >= 0.3 is 5.97 Å². The number of esters is 1. The number of ether oxygens (including phenoxy) is 2. The Bertz CT molecular complexity index is 1690. The summed E-state index contributed by atoms with van der Waals surface area (Å²) in [5.41, 5.74) is 1.48. The van der Waals surface area contributed by atoms with Gasteiger partial charge in [-0.3, -0.25) is 9.59 Å². The molecule has 0 aliphatic rings. The Balaban J connectivity index is 1.65. The molecule has 35 heavy (non-hydrogen) atoms. The van der Waals surface area contributed by atoms with Gasteiger partial charge in [0.2, 0.25) is 5.82 Å². The van der Waals surface area contributed by atoms with Crippen LogP contribution in [0.1, 0.15) is 12.5 Å². The van der Waals surface area contributed by atoms with E-state index in [4.69, 9.17) is 13.9 Å². The molecule has 0 spiro atoms. The second-order valence-electron chi connectivity index (χ2n) is 7.61. The Hall–Kier alpha value is -4.24. The minimum atomic E-state index is -0.457. The van der Waals surface area contributed by atoms with Crippen LogP contribution in [0.2, 0.25) is 0 Å². The van der Waals surface area contributed by atoms with Crippen LogP contribution < -0.4 is 15.0 Å². The predicted octanol–water partition coefficient (Wildman–Crippen LogP) is 5.39. The van der Waals surface area contributed by atoms with E-state index in [1.54, 1.807) is 36.4 Å². The van der Waals surface area contributed by atoms with Crippen molar-refractivity contribution in [3.05, 3.63) is 87.1 Å². The summed E-state index contributed by atoms with van der Waals surface area (Å²) in [6.45, 7) is 1.31. The van der Waals surface area contributed by atoms with Gasteiger partial charge in [-0.15, -0.1) is 0 Å². The van der Waals surface area contributed by atoms with Crippen LogP contribution in [-0.4, -0.2) is 29.0 Å². The van der Waals surface area contributed by atoms with E-state index in [9.17, 15) is 9.59 Å². The zero-order valence-electron chi connectivity index (χ0n) is 18.7. The highest BCUT2D eigenvalue weighted by atomic mass is 79.9. The van der Waals surface area contributed by atoms with Gasteiger partial charge in [-0.05, 0) is 60.2 Å². The van der Waals surface area contributed by atoms with Crippen molar-refractivity contribution in [2.24, 2.45) is 5.10 Å². The van der Waals surface area contributed by atoms with Crippen LogP contribution in [0, 0.1) is 0 Å². The first kappa shape index (κ1) is 22.5. The fourth-order valence-electron chi connectivity index (χ4n) is 3.64. The molecule has 9 heteroatoms. The molecule has 2 aromatic heterocycles. The van der Waals surface area contributed by atoms with E-state index in [2.05, 4.69) is 26.0 Å². The first-order valence-corrected chi connectivity index (χ1v) is 11.3. The maximum absolute atomic E-state index is 13.4. The number of fused-ring (bicyclic) bond motifs is 2. The average molecular weight is 532 g/mol. The highest BCUT2D eigenvalue weighted by Gasteiger charge is 2.17. The lowest BCUT2D eigenvalue weighted by molar-refractivity contribution is -0.132. The van der Waals surface area contributed by atoms with Gasteiger partial charge in [-0.1, -0.05) is 28.1 Å².